The Labute approximate surface area is 156 Å². The lowest BCUT2D eigenvalue weighted by atomic mass is 10.2. The number of halogens is 1. The molecule has 0 N–H and O–H groups in total. The van der Waals surface area contributed by atoms with Gasteiger partial charge in [-0.1, -0.05) is 0 Å². The van der Waals surface area contributed by atoms with Crippen LogP contribution in [0.25, 0.3) is 0 Å². The zero-order valence-corrected chi connectivity index (χ0v) is 15.4. The maximum atomic E-state index is 14.1. The van der Waals surface area contributed by atoms with Gasteiger partial charge in [-0.15, -0.1) is 0 Å². The molecule has 2 aromatic rings. The molecule has 0 spiro atoms. The van der Waals surface area contributed by atoms with Crippen molar-refractivity contribution in [1.29, 1.82) is 0 Å². The van der Waals surface area contributed by atoms with Crippen molar-refractivity contribution in [2.45, 2.75) is 4.90 Å². The molecule has 1 heterocycles. The normalized spacial score (nSPS) is 15.3. The number of nitrogens with zero attached hydrogens (tertiary/aromatic N) is 1. The molecular formula is C18H18FNO6S. The smallest absolute Gasteiger partial charge is 0.346 e. The number of carbonyl (C=O) groups is 1. The Morgan fingerprint density at radius 1 is 1.07 bits per heavy atom. The predicted molar refractivity (Wildman–Crippen MR) is 93.9 cm³/mol. The first-order valence-corrected chi connectivity index (χ1v) is 9.59. The lowest BCUT2D eigenvalue weighted by molar-refractivity contribution is 0.0724. The number of hydrogen-bond acceptors (Lipinski definition) is 6. The zero-order valence-electron chi connectivity index (χ0n) is 14.6. The van der Waals surface area contributed by atoms with Crippen LogP contribution in [0.15, 0.2) is 47.4 Å². The van der Waals surface area contributed by atoms with Crippen molar-refractivity contribution >= 4 is 16.0 Å². The first-order chi connectivity index (χ1) is 12.9. The van der Waals surface area contributed by atoms with E-state index in [0.717, 1.165) is 18.2 Å². The minimum Gasteiger partial charge on any atom is -0.497 e. The standard InChI is InChI=1S/C18H18FNO6S/c1-24-13-2-4-14(5-3-13)26-18(21)16-12-15(6-7-17(16)19)27(22,23)20-8-10-25-11-9-20/h2-7,12H,8-11H2,1H3. The van der Waals surface area contributed by atoms with Gasteiger partial charge in [0.2, 0.25) is 10.0 Å². The molecule has 1 fully saturated rings. The van der Waals surface area contributed by atoms with Gasteiger partial charge in [0.1, 0.15) is 17.3 Å². The third-order valence-corrected chi connectivity index (χ3v) is 5.93. The number of esters is 1. The van der Waals surface area contributed by atoms with Gasteiger partial charge in [0.15, 0.2) is 0 Å². The topological polar surface area (TPSA) is 82.1 Å². The molecule has 3 rings (SSSR count). The molecule has 0 aliphatic carbocycles. The highest BCUT2D eigenvalue weighted by molar-refractivity contribution is 7.89. The average molecular weight is 395 g/mol. The average Bonchev–Trinajstić information content (AvgIpc) is 2.69. The van der Waals surface area contributed by atoms with Gasteiger partial charge in [-0.2, -0.15) is 4.31 Å². The molecule has 1 aliphatic rings. The summed E-state index contributed by atoms with van der Waals surface area (Å²) in [5.41, 5.74) is -0.458. The molecule has 144 valence electrons. The highest BCUT2D eigenvalue weighted by Gasteiger charge is 2.28. The van der Waals surface area contributed by atoms with Crippen molar-refractivity contribution in [2.75, 3.05) is 33.4 Å². The maximum absolute atomic E-state index is 14.1. The van der Waals surface area contributed by atoms with Gasteiger partial charge < -0.3 is 14.2 Å². The highest BCUT2D eigenvalue weighted by Crippen LogP contribution is 2.23. The Morgan fingerprint density at radius 2 is 1.70 bits per heavy atom. The van der Waals surface area contributed by atoms with E-state index >= 15 is 0 Å². The van der Waals surface area contributed by atoms with E-state index in [-0.39, 0.29) is 36.9 Å². The van der Waals surface area contributed by atoms with E-state index in [1.807, 2.05) is 0 Å². The molecule has 0 saturated carbocycles. The van der Waals surface area contributed by atoms with E-state index in [0.29, 0.717) is 5.75 Å². The fraction of sp³-hybridized carbons (Fsp3) is 0.278. The molecule has 27 heavy (non-hydrogen) atoms. The van der Waals surface area contributed by atoms with E-state index < -0.39 is 27.4 Å². The van der Waals surface area contributed by atoms with Crippen LogP contribution in [0, 0.1) is 5.82 Å². The summed E-state index contributed by atoms with van der Waals surface area (Å²) in [5.74, 6) is -1.10. The number of morpholine rings is 1. The highest BCUT2D eigenvalue weighted by atomic mass is 32.2. The summed E-state index contributed by atoms with van der Waals surface area (Å²) in [6, 6.07) is 9.21. The largest absolute Gasteiger partial charge is 0.497 e. The number of carbonyl (C=O) groups excluding carboxylic acids is 1. The number of rotatable bonds is 5. The summed E-state index contributed by atoms with van der Waals surface area (Å²) >= 11 is 0. The molecule has 1 aliphatic heterocycles. The molecule has 0 atom stereocenters. The lowest BCUT2D eigenvalue weighted by Gasteiger charge is -2.26. The maximum Gasteiger partial charge on any atom is 0.346 e. The van der Waals surface area contributed by atoms with Crippen LogP contribution in [-0.2, 0) is 14.8 Å². The van der Waals surface area contributed by atoms with Crippen molar-refractivity contribution in [3.63, 3.8) is 0 Å². The summed E-state index contributed by atoms with van der Waals surface area (Å²) in [4.78, 5) is 12.1. The fourth-order valence-electron chi connectivity index (χ4n) is 2.56. The number of sulfonamides is 1. The van der Waals surface area contributed by atoms with Crippen molar-refractivity contribution in [3.8, 4) is 11.5 Å². The minimum absolute atomic E-state index is 0.174. The molecule has 0 unspecified atom stereocenters. The monoisotopic (exact) mass is 395 g/mol. The molecule has 0 radical (unpaired) electrons. The van der Waals surface area contributed by atoms with Gasteiger partial charge in [0.25, 0.3) is 0 Å². The fourth-order valence-corrected chi connectivity index (χ4v) is 4.00. The van der Waals surface area contributed by atoms with Crippen LogP contribution < -0.4 is 9.47 Å². The molecule has 0 aromatic heterocycles. The van der Waals surface area contributed by atoms with E-state index in [4.69, 9.17) is 14.2 Å². The van der Waals surface area contributed by atoms with Crippen molar-refractivity contribution in [3.05, 3.63) is 53.8 Å². The Hall–Kier alpha value is -2.49. The SMILES string of the molecule is COc1ccc(OC(=O)c2cc(S(=O)(=O)N3CCOCC3)ccc2F)cc1. The van der Waals surface area contributed by atoms with Crippen LogP contribution in [-0.4, -0.2) is 52.1 Å². The molecule has 0 bridgehead atoms. The Balaban J connectivity index is 1.84. The van der Waals surface area contributed by atoms with Crippen LogP contribution in [0.2, 0.25) is 0 Å². The van der Waals surface area contributed by atoms with E-state index in [1.54, 1.807) is 12.1 Å². The Bertz CT molecular complexity index is 923. The summed E-state index contributed by atoms with van der Waals surface area (Å²) < 4.78 is 56.0. The van der Waals surface area contributed by atoms with Gasteiger partial charge in [0.05, 0.1) is 30.8 Å². The van der Waals surface area contributed by atoms with E-state index in [1.165, 1.54) is 23.5 Å². The summed E-state index contributed by atoms with van der Waals surface area (Å²) in [6.07, 6.45) is 0. The van der Waals surface area contributed by atoms with Gasteiger partial charge in [0, 0.05) is 13.1 Å². The number of hydrogen-bond donors (Lipinski definition) is 0. The van der Waals surface area contributed by atoms with Crippen LogP contribution in [0.3, 0.4) is 0 Å². The van der Waals surface area contributed by atoms with Gasteiger partial charge in [-0.05, 0) is 42.5 Å². The quantitative estimate of drug-likeness (QED) is 0.570. The molecule has 9 heteroatoms. The van der Waals surface area contributed by atoms with Crippen molar-refractivity contribution in [2.24, 2.45) is 0 Å². The molecule has 7 nitrogen and oxygen atoms in total. The summed E-state index contributed by atoms with van der Waals surface area (Å²) in [5, 5.41) is 0. The summed E-state index contributed by atoms with van der Waals surface area (Å²) in [7, 11) is -2.36. The summed E-state index contributed by atoms with van der Waals surface area (Å²) in [6.45, 7) is 0.969. The first-order valence-electron chi connectivity index (χ1n) is 8.15. The number of methoxy groups -OCH3 is 1. The predicted octanol–water partition coefficient (Wildman–Crippen LogP) is 2.07. The van der Waals surface area contributed by atoms with Crippen molar-refractivity contribution < 1.29 is 31.8 Å². The number of benzene rings is 2. The molecular weight excluding hydrogens is 377 g/mol. The van der Waals surface area contributed by atoms with Crippen LogP contribution in [0.4, 0.5) is 4.39 Å². The van der Waals surface area contributed by atoms with Gasteiger partial charge in [-0.25, -0.2) is 17.6 Å². The van der Waals surface area contributed by atoms with Crippen LogP contribution >= 0.6 is 0 Å². The third kappa shape index (κ3) is 4.26. The Kier molecular flexibility index (Phi) is 5.73. The van der Waals surface area contributed by atoms with Crippen molar-refractivity contribution in [1.82, 2.24) is 4.31 Å². The van der Waals surface area contributed by atoms with Crippen LogP contribution in [0.5, 0.6) is 11.5 Å². The second-order valence-electron chi connectivity index (χ2n) is 5.72. The number of ether oxygens (including phenoxy) is 3. The van der Waals surface area contributed by atoms with Gasteiger partial charge in [-0.3, -0.25) is 0 Å². The van der Waals surface area contributed by atoms with Gasteiger partial charge >= 0.3 is 5.97 Å². The van der Waals surface area contributed by atoms with E-state index in [2.05, 4.69) is 0 Å². The molecule has 2 aromatic carbocycles. The second kappa shape index (κ2) is 8.03. The molecule has 1 saturated heterocycles. The van der Waals surface area contributed by atoms with Crippen LogP contribution in [0.1, 0.15) is 10.4 Å². The lowest BCUT2D eigenvalue weighted by Crippen LogP contribution is -2.40. The third-order valence-electron chi connectivity index (χ3n) is 4.04. The minimum atomic E-state index is -3.85. The van der Waals surface area contributed by atoms with E-state index in [9.17, 15) is 17.6 Å². The second-order valence-corrected chi connectivity index (χ2v) is 7.66. The first kappa shape index (κ1) is 19.3. The molecule has 0 amide bonds. The Morgan fingerprint density at radius 3 is 2.33 bits per heavy atom. The zero-order chi connectivity index (χ0) is 19.4.